The second-order valence-electron chi connectivity index (χ2n) is 5.64. The lowest BCUT2D eigenvalue weighted by atomic mass is 9.64. The fourth-order valence-corrected chi connectivity index (χ4v) is 2.90. The molecule has 3 aliphatic rings. The molecule has 1 aromatic carbocycles. The molecule has 1 saturated carbocycles. The molecule has 2 aliphatic heterocycles. The largest absolute Gasteiger partial charge is 0.496 e. The van der Waals surface area contributed by atoms with Crippen molar-refractivity contribution in [2.75, 3.05) is 7.11 Å². The molecule has 6 heteroatoms. The van der Waals surface area contributed by atoms with E-state index in [9.17, 15) is 14.4 Å². The molecule has 4 rings (SSSR count). The maximum absolute atomic E-state index is 12.3. The molecule has 0 radical (unpaired) electrons. The van der Waals surface area contributed by atoms with E-state index in [1.54, 1.807) is 25.3 Å². The summed E-state index contributed by atoms with van der Waals surface area (Å²) in [6.07, 6.45) is 0.763. The number of aryl methyl sites for hydroxylation is 1. The first-order valence-electron chi connectivity index (χ1n) is 6.78. The predicted molar refractivity (Wildman–Crippen MR) is 73.8 cm³/mol. The van der Waals surface area contributed by atoms with Crippen molar-refractivity contribution in [2.45, 2.75) is 25.3 Å². The highest BCUT2D eigenvalue weighted by atomic mass is 16.5. The molecule has 2 N–H and O–H groups in total. The molecule has 2 heterocycles. The van der Waals surface area contributed by atoms with Crippen LogP contribution < -0.4 is 15.4 Å². The number of ether oxygens (including phenoxy) is 1. The molecule has 0 unspecified atom stereocenters. The molecule has 0 atom stereocenters. The summed E-state index contributed by atoms with van der Waals surface area (Å²) in [5, 5.41) is 5.05. The van der Waals surface area contributed by atoms with Gasteiger partial charge in [-0.2, -0.15) is 0 Å². The monoisotopic (exact) mass is 288 g/mol. The van der Waals surface area contributed by atoms with Crippen LogP contribution in [0.3, 0.4) is 0 Å². The fourth-order valence-electron chi connectivity index (χ4n) is 2.90. The first kappa shape index (κ1) is 13.6. The third-order valence-electron chi connectivity index (χ3n) is 4.25. The van der Waals surface area contributed by atoms with Crippen molar-refractivity contribution < 1.29 is 19.1 Å². The minimum absolute atomic E-state index is 0.171. The van der Waals surface area contributed by atoms with E-state index in [0.717, 1.165) is 5.56 Å². The smallest absolute Gasteiger partial charge is 0.252 e. The maximum Gasteiger partial charge on any atom is 0.252 e. The van der Waals surface area contributed by atoms with E-state index < -0.39 is 11.4 Å². The summed E-state index contributed by atoms with van der Waals surface area (Å²) in [4.78, 5) is 35.7. The highest BCUT2D eigenvalue weighted by molar-refractivity contribution is 6.09. The van der Waals surface area contributed by atoms with Crippen molar-refractivity contribution in [1.29, 1.82) is 0 Å². The minimum atomic E-state index is -0.937. The Morgan fingerprint density at radius 2 is 2.10 bits per heavy atom. The zero-order chi connectivity index (χ0) is 15.2. The number of hydrogen-bond acceptors (Lipinski definition) is 4. The summed E-state index contributed by atoms with van der Waals surface area (Å²) >= 11 is 0. The minimum Gasteiger partial charge on any atom is -0.496 e. The van der Waals surface area contributed by atoms with Gasteiger partial charge in [-0.3, -0.25) is 19.7 Å². The number of fused-ring (bicyclic) bond motifs is 2. The van der Waals surface area contributed by atoms with Crippen LogP contribution in [-0.4, -0.2) is 30.4 Å². The maximum atomic E-state index is 12.3. The lowest BCUT2D eigenvalue weighted by Gasteiger charge is -2.49. The number of piperidine rings is 2. The summed E-state index contributed by atoms with van der Waals surface area (Å²) in [6, 6.07) is 5.12. The average molecular weight is 288 g/mol. The number of amides is 3. The number of rotatable bonds is 3. The number of carbonyl (C=O) groups excluding carboxylic acids is 3. The van der Waals surface area contributed by atoms with Gasteiger partial charge in [0.05, 0.1) is 7.11 Å². The van der Waals surface area contributed by atoms with Gasteiger partial charge in [0.25, 0.3) is 11.8 Å². The number of methoxy groups -OCH3 is 1. The van der Waals surface area contributed by atoms with E-state index in [1.807, 2.05) is 6.92 Å². The Balaban J connectivity index is 1.78. The topological polar surface area (TPSA) is 84.5 Å². The first-order valence-corrected chi connectivity index (χ1v) is 6.78. The molecule has 21 heavy (non-hydrogen) atoms. The summed E-state index contributed by atoms with van der Waals surface area (Å²) < 4.78 is 5.19. The highest BCUT2D eigenvalue weighted by Crippen LogP contribution is 2.41. The molecule has 0 aromatic heterocycles. The molecule has 2 bridgehead atoms. The van der Waals surface area contributed by atoms with Gasteiger partial charge in [-0.1, -0.05) is 6.07 Å². The van der Waals surface area contributed by atoms with Crippen LogP contribution in [0.15, 0.2) is 18.2 Å². The fraction of sp³-hybridized carbons (Fsp3) is 0.400. The SMILES string of the molecule is COc1cc(C(=O)NC23CC(C2)C(=O)NC3=O)ccc1C. The van der Waals surface area contributed by atoms with E-state index in [-0.39, 0.29) is 17.7 Å². The van der Waals surface area contributed by atoms with Gasteiger partial charge in [0.2, 0.25) is 5.91 Å². The van der Waals surface area contributed by atoms with Crippen LogP contribution in [0.5, 0.6) is 5.75 Å². The molecule has 3 amide bonds. The van der Waals surface area contributed by atoms with E-state index in [1.165, 1.54) is 0 Å². The molecular formula is C15H16N2O4. The second-order valence-corrected chi connectivity index (χ2v) is 5.64. The van der Waals surface area contributed by atoms with Crippen molar-refractivity contribution >= 4 is 17.7 Å². The Hall–Kier alpha value is -2.37. The Morgan fingerprint density at radius 1 is 1.38 bits per heavy atom. The normalized spacial score (nSPS) is 26.7. The molecular weight excluding hydrogens is 272 g/mol. The van der Waals surface area contributed by atoms with E-state index in [0.29, 0.717) is 24.2 Å². The van der Waals surface area contributed by atoms with E-state index in [4.69, 9.17) is 4.74 Å². The van der Waals surface area contributed by atoms with Crippen molar-refractivity contribution in [2.24, 2.45) is 5.92 Å². The first-order chi connectivity index (χ1) is 9.95. The van der Waals surface area contributed by atoms with Gasteiger partial charge in [-0.05, 0) is 37.5 Å². The summed E-state index contributed by atoms with van der Waals surface area (Å²) in [6.45, 7) is 1.88. The summed E-state index contributed by atoms with van der Waals surface area (Å²) in [5.41, 5.74) is 0.422. The van der Waals surface area contributed by atoms with Crippen LogP contribution in [0, 0.1) is 12.8 Å². The quantitative estimate of drug-likeness (QED) is 0.795. The lowest BCUT2D eigenvalue weighted by Crippen LogP contribution is -2.73. The molecule has 6 nitrogen and oxygen atoms in total. The zero-order valence-corrected chi connectivity index (χ0v) is 11.9. The number of carbonyl (C=O) groups is 3. The van der Waals surface area contributed by atoms with Crippen LogP contribution in [-0.2, 0) is 9.59 Å². The molecule has 0 spiro atoms. The van der Waals surface area contributed by atoms with Gasteiger partial charge in [0, 0.05) is 11.5 Å². The molecule has 1 aliphatic carbocycles. The van der Waals surface area contributed by atoms with Crippen molar-refractivity contribution in [3.63, 3.8) is 0 Å². The van der Waals surface area contributed by atoms with E-state index in [2.05, 4.69) is 10.6 Å². The zero-order valence-electron chi connectivity index (χ0n) is 11.9. The number of benzene rings is 1. The van der Waals surface area contributed by atoms with Crippen LogP contribution in [0.25, 0.3) is 0 Å². The van der Waals surface area contributed by atoms with Gasteiger partial charge in [-0.25, -0.2) is 0 Å². The molecule has 1 aromatic rings. The number of imide groups is 1. The van der Waals surface area contributed by atoms with Gasteiger partial charge < -0.3 is 10.1 Å². The van der Waals surface area contributed by atoms with E-state index >= 15 is 0 Å². The molecule has 110 valence electrons. The third-order valence-corrected chi connectivity index (χ3v) is 4.25. The number of nitrogens with one attached hydrogen (secondary N) is 2. The van der Waals surface area contributed by atoms with Crippen LogP contribution >= 0.6 is 0 Å². The second kappa shape index (κ2) is 4.58. The third kappa shape index (κ3) is 2.07. The summed E-state index contributed by atoms with van der Waals surface area (Å²) in [5.74, 6) is -0.544. The molecule has 2 saturated heterocycles. The van der Waals surface area contributed by atoms with Gasteiger partial charge in [0.1, 0.15) is 11.3 Å². The van der Waals surface area contributed by atoms with Crippen LogP contribution in [0.4, 0.5) is 0 Å². The Bertz CT molecular complexity index is 647. The number of hydrogen-bond donors (Lipinski definition) is 2. The predicted octanol–water partition coefficient (Wildman–Crippen LogP) is 0.539. The summed E-state index contributed by atoms with van der Waals surface area (Å²) in [7, 11) is 1.54. The van der Waals surface area contributed by atoms with Crippen LogP contribution in [0.2, 0.25) is 0 Å². The van der Waals surface area contributed by atoms with Crippen LogP contribution in [0.1, 0.15) is 28.8 Å². The Morgan fingerprint density at radius 3 is 2.71 bits per heavy atom. The lowest BCUT2D eigenvalue weighted by molar-refractivity contribution is -0.152. The van der Waals surface area contributed by atoms with Crippen molar-refractivity contribution in [3.8, 4) is 5.75 Å². The van der Waals surface area contributed by atoms with Gasteiger partial charge in [-0.15, -0.1) is 0 Å². The Labute approximate surface area is 121 Å². The van der Waals surface area contributed by atoms with Gasteiger partial charge in [0.15, 0.2) is 0 Å². The Kier molecular flexibility index (Phi) is 2.97. The van der Waals surface area contributed by atoms with Crippen molar-refractivity contribution in [3.05, 3.63) is 29.3 Å². The van der Waals surface area contributed by atoms with Crippen molar-refractivity contribution in [1.82, 2.24) is 10.6 Å². The highest BCUT2D eigenvalue weighted by Gasteiger charge is 2.58. The van der Waals surface area contributed by atoms with Gasteiger partial charge >= 0.3 is 0 Å². The average Bonchev–Trinajstić information content (AvgIpc) is 2.40. The standard InChI is InChI=1S/C15H16N2O4/c1-8-3-4-9(5-11(8)21-2)13(19)17-15-6-10(7-15)12(18)16-14(15)20/h3-5,10H,6-7H2,1-2H3,(H,17,19)(H,16,18,20). The molecule has 3 fully saturated rings.